The molecule has 0 heterocycles. The van der Waals surface area contributed by atoms with E-state index in [1.807, 2.05) is 20.8 Å². The van der Waals surface area contributed by atoms with Gasteiger partial charge in [0.05, 0.1) is 0 Å². The summed E-state index contributed by atoms with van der Waals surface area (Å²) in [6.45, 7) is 24.1. The number of hydrogen-bond donors (Lipinski definition) is 1. The molecule has 2 rings (SSSR count). The SMILES string of the molecule is C[Si](C)OC1CCC(c2ccc(C(C)(C)C)c(NC(=O)C(C)(C)C)c2)C(C(C)(C)C)C1. The van der Waals surface area contributed by atoms with Crippen LogP contribution in [0.5, 0.6) is 0 Å². The maximum atomic E-state index is 12.8. The molecule has 0 bridgehead atoms. The van der Waals surface area contributed by atoms with Gasteiger partial charge in [-0.15, -0.1) is 0 Å². The van der Waals surface area contributed by atoms with E-state index in [1.165, 1.54) is 11.1 Å². The number of anilines is 1. The molecule has 1 aliphatic carbocycles. The average Bonchev–Trinajstić information content (AvgIpc) is 2.58. The van der Waals surface area contributed by atoms with Gasteiger partial charge < -0.3 is 9.74 Å². The molecule has 1 fully saturated rings. The molecule has 175 valence electrons. The first-order valence-corrected chi connectivity index (χ1v) is 14.3. The van der Waals surface area contributed by atoms with E-state index in [0.717, 1.165) is 24.9 Å². The van der Waals surface area contributed by atoms with Gasteiger partial charge in [-0.3, -0.25) is 4.79 Å². The lowest BCUT2D eigenvalue weighted by Crippen LogP contribution is -2.37. The number of nitrogens with one attached hydrogen (secondary N) is 1. The zero-order valence-corrected chi connectivity index (χ0v) is 22.9. The molecule has 3 nitrogen and oxygen atoms in total. The van der Waals surface area contributed by atoms with E-state index in [4.69, 9.17) is 4.43 Å². The van der Waals surface area contributed by atoms with E-state index >= 15 is 0 Å². The van der Waals surface area contributed by atoms with Crippen molar-refractivity contribution in [3.63, 3.8) is 0 Å². The van der Waals surface area contributed by atoms with Crippen LogP contribution in [0.1, 0.15) is 98.6 Å². The van der Waals surface area contributed by atoms with Crippen LogP contribution in [0.25, 0.3) is 0 Å². The highest BCUT2D eigenvalue weighted by atomic mass is 28.3. The smallest absolute Gasteiger partial charge is 0.229 e. The molecular weight excluding hydrogens is 398 g/mol. The zero-order chi connectivity index (χ0) is 23.8. The summed E-state index contributed by atoms with van der Waals surface area (Å²) in [6, 6.07) is 6.82. The Kier molecular flexibility index (Phi) is 7.91. The first-order valence-electron chi connectivity index (χ1n) is 11.9. The third kappa shape index (κ3) is 6.92. The van der Waals surface area contributed by atoms with Crippen molar-refractivity contribution in [2.75, 3.05) is 5.32 Å². The summed E-state index contributed by atoms with van der Waals surface area (Å²) in [5.74, 6) is 1.11. The summed E-state index contributed by atoms with van der Waals surface area (Å²) >= 11 is 0. The maximum absolute atomic E-state index is 12.8. The van der Waals surface area contributed by atoms with Crippen molar-refractivity contribution in [1.29, 1.82) is 0 Å². The van der Waals surface area contributed by atoms with Crippen molar-refractivity contribution in [2.45, 2.75) is 112 Å². The Balaban J connectivity index is 2.44. The highest BCUT2D eigenvalue weighted by Crippen LogP contribution is 2.48. The second-order valence-electron chi connectivity index (χ2n) is 12.8. The minimum Gasteiger partial charge on any atom is -0.414 e. The van der Waals surface area contributed by atoms with Gasteiger partial charge in [-0.1, -0.05) is 74.4 Å². The summed E-state index contributed by atoms with van der Waals surface area (Å²) in [7, 11) is -0.686. The lowest BCUT2D eigenvalue weighted by molar-refractivity contribution is -0.123. The number of amides is 1. The topological polar surface area (TPSA) is 38.3 Å². The molecule has 1 aliphatic rings. The van der Waals surface area contributed by atoms with Gasteiger partial charge in [-0.2, -0.15) is 0 Å². The maximum Gasteiger partial charge on any atom is 0.229 e. The van der Waals surface area contributed by atoms with Gasteiger partial charge in [0.25, 0.3) is 0 Å². The van der Waals surface area contributed by atoms with Crippen LogP contribution < -0.4 is 5.32 Å². The summed E-state index contributed by atoms with van der Waals surface area (Å²) in [4.78, 5) is 12.8. The quantitative estimate of drug-likeness (QED) is 0.487. The first kappa shape index (κ1) is 26.1. The Morgan fingerprint density at radius 3 is 2.10 bits per heavy atom. The summed E-state index contributed by atoms with van der Waals surface area (Å²) in [5, 5.41) is 3.27. The molecule has 0 saturated heterocycles. The van der Waals surface area contributed by atoms with Gasteiger partial charge in [0.1, 0.15) is 0 Å². The molecule has 1 radical (unpaired) electrons. The number of hydrogen-bond acceptors (Lipinski definition) is 2. The molecule has 3 atom stereocenters. The molecule has 3 unspecified atom stereocenters. The molecule has 1 aromatic carbocycles. The molecule has 1 N–H and O–H groups in total. The Morgan fingerprint density at radius 2 is 1.61 bits per heavy atom. The fourth-order valence-corrected chi connectivity index (χ4v) is 5.67. The highest BCUT2D eigenvalue weighted by molar-refractivity contribution is 6.48. The molecule has 4 heteroatoms. The second-order valence-corrected chi connectivity index (χ2v) is 14.9. The molecule has 31 heavy (non-hydrogen) atoms. The largest absolute Gasteiger partial charge is 0.414 e. The van der Waals surface area contributed by atoms with E-state index < -0.39 is 14.5 Å². The van der Waals surface area contributed by atoms with Crippen molar-refractivity contribution in [1.82, 2.24) is 0 Å². The number of benzene rings is 1. The van der Waals surface area contributed by atoms with Gasteiger partial charge in [0.15, 0.2) is 0 Å². The van der Waals surface area contributed by atoms with Crippen molar-refractivity contribution < 1.29 is 9.22 Å². The average molecular weight is 445 g/mol. The van der Waals surface area contributed by atoms with E-state index in [2.05, 4.69) is 78.2 Å². The molecule has 1 aromatic rings. The van der Waals surface area contributed by atoms with E-state index in [1.54, 1.807) is 0 Å². The fourth-order valence-electron chi connectivity index (χ4n) is 4.79. The van der Waals surface area contributed by atoms with Crippen LogP contribution in [-0.4, -0.2) is 21.1 Å². The van der Waals surface area contributed by atoms with Gasteiger partial charge in [-0.05, 0) is 72.2 Å². The van der Waals surface area contributed by atoms with E-state index in [0.29, 0.717) is 17.9 Å². The highest BCUT2D eigenvalue weighted by Gasteiger charge is 2.39. The Morgan fingerprint density at radius 1 is 1.00 bits per heavy atom. The van der Waals surface area contributed by atoms with Gasteiger partial charge in [0, 0.05) is 17.2 Å². The van der Waals surface area contributed by atoms with Gasteiger partial charge in [0.2, 0.25) is 14.9 Å². The van der Waals surface area contributed by atoms with E-state index in [9.17, 15) is 4.79 Å². The predicted molar refractivity (Wildman–Crippen MR) is 135 cm³/mol. The normalized spacial score (nSPS) is 23.2. The van der Waals surface area contributed by atoms with Gasteiger partial charge >= 0.3 is 0 Å². The third-order valence-corrected chi connectivity index (χ3v) is 7.33. The fraction of sp³-hybridized carbons (Fsp3) is 0.741. The summed E-state index contributed by atoms with van der Waals surface area (Å²) < 4.78 is 6.32. The van der Waals surface area contributed by atoms with Crippen molar-refractivity contribution in [3.8, 4) is 0 Å². The zero-order valence-electron chi connectivity index (χ0n) is 21.9. The molecular formula is C27H46NO2Si. The minimum absolute atomic E-state index is 0.0331. The molecule has 1 amide bonds. The molecule has 0 aliphatic heterocycles. The Hall–Kier alpha value is -1.13. The molecule has 1 saturated carbocycles. The van der Waals surface area contributed by atoms with Gasteiger partial charge in [-0.25, -0.2) is 0 Å². The van der Waals surface area contributed by atoms with Crippen molar-refractivity contribution >= 4 is 20.6 Å². The number of carbonyl (C=O) groups excluding carboxylic acids is 1. The lowest BCUT2D eigenvalue weighted by Gasteiger charge is -2.44. The standard InChI is InChI=1S/C27H46NO2Si/c1-25(2,3)21-15-12-18(16-23(21)28-24(29)27(7,8)9)20-14-13-19(30-31(10)11)17-22(20)26(4,5)6/h12,15-16,19-20,22H,13-14,17H2,1-11H3,(H,28,29). The van der Waals surface area contributed by atoms with Crippen molar-refractivity contribution in [3.05, 3.63) is 29.3 Å². The lowest BCUT2D eigenvalue weighted by atomic mass is 9.63. The predicted octanol–water partition coefficient (Wildman–Crippen LogP) is 7.53. The molecule has 0 aromatic heterocycles. The van der Waals surface area contributed by atoms with Crippen LogP contribution in [0.2, 0.25) is 13.1 Å². The van der Waals surface area contributed by atoms with E-state index in [-0.39, 0.29) is 16.7 Å². The number of rotatable bonds is 4. The third-order valence-electron chi connectivity index (χ3n) is 6.53. The van der Waals surface area contributed by atoms with Crippen LogP contribution in [0.15, 0.2) is 18.2 Å². The van der Waals surface area contributed by atoms with Crippen molar-refractivity contribution in [2.24, 2.45) is 16.7 Å². The Bertz CT molecular complexity index is 765. The second kappa shape index (κ2) is 9.39. The van der Waals surface area contributed by atoms with Crippen LogP contribution in [0.4, 0.5) is 5.69 Å². The van der Waals surface area contributed by atoms with Crippen LogP contribution >= 0.6 is 0 Å². The minimum atomic E-state index is -0.686. The van der Waals surface area contributed by atoms with Crippen LogP contribution in [0, 0.1) is 16.7 Å². The summed E-state index contributed by atoms with van der Waals surface area (Å²) in [5.41, 5.74) is 3.28. The number of carbonyl (C=O) groups is 1. The summed E-state index contributed by atoms with van der Waals surface area (Å²) in [6.07, 6.45) is 3.77. The Labute approximate surface area is 193 Å². The van der Waals surface area contributed by atoms with Crippen LogP contribution in [0.3, 0.4) is 0 Å². The monoisotopic (exact) mass is 444 g/mol. The first-order chi connectivity index (χ1) is 14.0. The van der Waals surface area contributed by atoms with Crippen LogP contribution in [-0.2, 0) is 14.6 Å². The molecule has 0 spiro atoms.